The van der Waals surface area contributed by atoms with Crippen LogP contribution in [0.5, 0.6) is 0 Å². The van der Waals surface area contributed by atoms with Crippen molar-refractivity contribution in [3.63, 3.8) is 0 Å². The van der Waals surface area contributed by atoms with Gasteiger partial charge in [-0.15, -0.1) is 0 Å². The summed E-state index contributed by atoms with van der Waals surface area (Å²) in [6.07, 6.45) is 0.742. The van der Waals surface area contributed by atoms with Crippen molar-refractivity contribution in [2.24, 2.45) is 0 Å². The summed E-state index contributed by atoms with van der Waals surface area (Å²) in [5.74, 6) is -0.746. The summed E-state index contributed by atoms with van der Waals surface area (Å²) >= 11 is 0. The molecule has 0 heterocycles. The van der Waals surface area contributed by atoms with Gasteiger partial charge < -0.3 is 4.90 Å². The average Bonchev–Trinajstić information content (AvgIpc) is 2.41. The minimum atomic E-state index is -0.435. The number of nitrogens with zero attached hydrogens (tertiary/aromatic N) is 2. The fourth-order valence-electron chi connectivity index (χ4n) is 2.03. The fraction of sp³-hybridized carbons (Fsp3) is 0.467. The lowest BCUT2D eigenvalue weighted by Gasteiger charge is -2.19. The highest BCUT2D eigenvalue weighted by Crippen LogP contribution is 2.21. The summed E-state index contributed by atoms with van der Waals surface area (Å²) in [5.41, 5.74) is 0.634. The zero-order valence-electron chi connectivity index (χ0n) is 11.4. The van der Waals surface area contributed by atoms with Crippen molar-refractivity contribution in [2.45, 2.75) is 32.6 Å². The van der Waals surface area contributed by atoms with Crippen molar-refractivity contribution < 1.29 is 9.18 Å². The SMILES string of the molecule is CCN(CC)C(=O)CCC(C#N)c1cccc(F)c1. The molecule has 102 valence electrons. The van der Waals surface area contributed by atoms with Gasteiger partial charge in [-0.05, 0) is 38.0 Å². The molecule has 0 saturated heterocycles. The molecule has 1 unspecified atom stereocenters. The second kappa shape index (κ2) is 7.52. The van der Waals surface area contributed by atoms with E-state index in [0.29, 0.717) is 31.5 Å². The largest absolute Gasteiger partial charge is 0.343 e. The molecule has 19 heavy (non-hydrogen) atoms. The molecular weight excluding hydrogens is 243 g/mol. The highest BCUT2D eigenvalue weighted by Gasteiger charge is 2.16. The van der Waals surface area contributed by atoms with Crippen molar-refractivity contribution in [2.75, 3.05) is 13.1 Å². The highest BCUT2D eigenvalue weighted by atomic mass is 19.1. The van der Waals surface area contributed by atoms with Crippen molar-refractivity contribution in [3.05, 3.63) is 35.6 Å². The van der Waals surface area contributed by atoms with Gasteiger partial charge in [0, 0.05) is 19.5 Å². The van der Waals surface area contributed by atoms with Crippen LogP contribution < -0.4 is 0 Å². The van der Waals surface area contributed by atoms with E-state index in [1.165, 1.54) is 12.1 Å². The van der Waals surface area contributed by atoms with E-state index >= 15 is 0 Å². The van der Waals surface area contributed by atoms with Gasteiger partial charge in [-0.25, -0.2) is 4.39 Å². The molecule has 4 heteroatoms. The normalized spacial score (nSPS) is 11.7. The fourth-order valence-corrected chi connectivity index (χ4v) is 2.03. The number of nitriles is 1. The Morgan fingerprint density at radius 1 is 1.42 bits per heavy atom. The third-order valence-electron chi connectivity index (χ3n) is 3.17. The van der Waals surface area contributed by atoms with E-state index in [9.17, 15) is 9.18 Å². The van der Waals surface area contributed by atoms with Gasteiger partial charge in [0.15, 0.2) is 0 Å². The van der Waals surface area contributed by atoms with Gasteiger partial charge in [-0.1, -0.05) is 12.1 Å². The van der Waals surface area contributed by atoms with Crippen LogP contribution in [0.3, 0.4) is 0 Å². The molecule has 0 aliphatic rings. The van der Waals surface area contributed by atoms with Crippen LogP contribution in [-0.4, -0.2) is 23.9 Å². The second-order valence-corrected chi connectivity index (χ2v) is 4.34. The zero-order chi connectivity index (χ0) is 14.3. The summed E-state index contributed by atoms with van der Waals surface area (Å²) in [7, 11) is 0. The number of carbonyl (C=O) groups is 1. The lowest BCUT2D eigenvalue weighted by atomic mass is 9.95. The molecule has 1 atom stereocenters. The van der Waals surface area contributed by atoms with Crippen molar-refractivity contribution >= 4 is 5.91 Å². The maximum Gasteiger partial charge on any atom is 0.222 e. The van der Waals surface area contributed by atoms with Crippen LogP contribution in [0, 0.1) is 17.1 Å². The standard InChI is InChI=1S/C15H19FN2O/c1-3-18(4-2)15(19)9-8-13(11-17)12-6-5-7-14(16)10-12/h5-7,10,13H,3-4,8-9H2,1-2H3. The number of amides is 1. The minimum absolute atomic E-state index is 0.0432. The first-order chi connectivity index (χ1) is 9.12. The van der Waals surface area contributed by atoms with Crippen molar-refractivity contribution in [1.29, 1.82) is 5.26 Å². The molecule has 0 fully saturated rings. The number of carbonyl (C=O) groups excluding carboxylic acids is 1. The Morgan fingerprint density at radius 2 is 2.11 bits per heavy atom. The first-order valence-electron chi connectivity index (χ1n) is 6.55. The number of hydrogen-bond acceptors (Lipinski definition) is 2. The van der Waals surface area contributed by atoms with Crippen LogP contribution in [0.25, 0.3) is 0 Å². The Labute approximate surface area is 113 Å². The number of halogens is 1. The average molecular weight is 262 g/mol. The minimum Gasteiger partial charge on any atom is -0.343 e. The van der Waals surface area contributed by atoms with Gasteiger partial charge in [-0.3, -0.25) is 4.79 Å². The second-order valence-electron chi connectivity index (χ2n) is 4.34. The monoisotopic (exact) mass is 262 g/mol. The quantitative estimate of drug-likeness (QED) is 0.790. The third kappa shape index (κ3) is 4.36. The van der Waals surface area contributed by atoms with Gasteiger partial charge in [0.25, 0.3) is 0 Å². The molecular formula is C15H19FN2O. The molecule has 0 spiro atoms. The van der Waals surface area contributed by atoms with E-state index in [4.69, 9.17) is 5.26 Å². The van der Waals surface area contributed by atoms with Crippen LogP contribution in [0.2, 0.25) is 0 Å². The lowest BCUT2D eigenvalue weighted by molar-refractivity contribution is -0.130. The van der Waals surface area contributed by atoms with Crippen LogP contribution in [0.4, 0.5) is 4.39 Å². The van der Waals surface area contributed by atoms with E-state index in [1.807, 2.05) is 13.8 Å². The van der Waals surface area contributed by atoms with Crippen LogP contribution in [-0.2, 0) is 4.79 Å². The highest BCUT2D eigenvalue weighted by molar-refractivity contribution is 5.76. The predicted molar refractivity (Wildman–Crippen MR) is 71.9 cm³/mol. The topological polar surface area (TPSA) is 44.1 Å². The molecule has 0 radical (unpaired) electrons. The zero-order valence-corrected chi connectivity index (χ0v) is 11.4. The van der Waals surface area contributed by atoms with E-state index in [0.717, 1.165) is 0 Å². The lowest BCUT2D eigenvalue weighted by Crippen LogP contribution is -2.30. The van der Waals surface area contributed by atoms with Gasteiger partial charge in [0.2, 0.25) is 5.91 Å². The van der Waals surface area contributed by atoms with Gasteiger partial charge in [-0.2, -0.15) is 5.26 Å². The first kappa shape index (κ1) is 15.2. The Balaban J connectivity index is 2.64. The molecule has 0 saturated carbocycles. The van der Waals surface area contributed by atoms with E-state index in [2.05, 4.69) is 6.07 Å². The summed E-state index contributed by atoms with van der Waals surface area (Å²) in [5, 5.41) is 9.14. The summed E-state index contributed by atoms with van der Waals surface area (Å²) in [6.45, 7) is 5.20. The molecule has 1 rings (SSSR count). The van der Waals surface area contributed by atoms with E-state index in [1.54, 1.807) is 17.0 Å². The molecule has 1 amide bonds. The molecule has 1 aromatic rings. The van der Waals surface area contributed by atoms with Gasteiger partial charge >= 0.3 is 0 Å². The molecule has 0 aliphatic heterocycles. The number of hydrogen-bond donors (Lipinski definition) is 0. The molecule has 1 aromatic carbocycles. The van der Waals surface area contributed by atoms with E-state index in [-0.39, 0.29) is 11.7 Å². The number of benzene rings is 1. The van der Waals surface area contributed by atoms with Gasteiger partial charge in [0.05, 0.1) is 12.0 Å². The van der Waals surface area contributed by atoms with Crippen LogP contribution in [0.15, 0.2) is 24.3 Å². The van der Waals surface area contributed by atoms with Crippen molar-refractivity contribution in [1.82, 2.24) is 4.90 Å². The first-order valence-corrected chi connectivity index (χ1v) is 6.55. The van der Waals surface area contributed by atoms with Gasteiger partial charge in [0.1, 0.15) is 5.82 Å². The maximum absolute atomic E-state index is 13.1. The summed E-state index contributed by atoms with van der Waals surface area (Å²) in [4.78, 5) is 13.6. The van der Waals surface area contributed by atoms with E-state index < -0.39 is 5.92 Å². The Kier molecular flexibility index (Phi) is 6.01. The Bertz CT molecular complexity index is 463. The molecule has 3 nitrogen and oxygen atoms in total. The molecule has 0 bridgehead atoms. The van der Waals surface area contributed by atoms with Crippen LogP contribution >= 0.6 is 0 Å². The third-order valence-corrected chi connectivity index (χ3v) is 3.17. The summed E-state index contributed by atoms with van der Waals surface area (Å²) < 4.78 is 13.1. The molecule has 0 N–H and O–H groups in total. The smallest absolute Gasteiger partial charge is 0.222 e. The Hall–Kier alpha value is -1.89. The number of rotatable bonds is 6. The maximum atomic E-state index is 13.1. The summed E-state index contributed by atoms with van der Waals surface area (Å²) in [6, 6.07) is 8.15. The molecule has 0 aliphatic carbocycles. The van der Waals surface area contributed by atoms with Crippen molar-refractivity contribution in [3.8, 4) is 6.07 Å². The predicted octanol–water partition coefficient (Wildman–Crippen LogP) is 3.08. The Morgan fingerprint density at radius 3 is 2.63 bits per heavy atom. The van der Waals surface area contributed by atoms with Crippen LogP contribution in [0.1, 0.15) is 38.2 Å². The molecule has 0 aromatic heterocycles.